The number of nitrogens with zero attached hydrogens (tertiary/aromatic N) is 2. The molecule has 2 aromatic carbocycles. The van der Waals surface area contributed by atoms with Crippen molar-refractivity contribution in [3.8, 4) is 5.75 Å². The lowest BCUT2D eigenvalue weighted by Crippen LogP contribution is -2.48. The number of benzene rings is 2. The van der Waals surface area contributed by atoms with Gasteiger partial charge in [0.25, 0.3) is 5.91 Å². The Bertz CT molecular complexity index is 785. The van der Waals surface area contributed by atoms with E-state index in [4.69, 9.17) is 4.74 Å². The lowest BCUT2D eigenvalue weighted by molar-refractivity contribution is -0.121. The minimum Gasteiger partial charge on any atom is -0.493 e. The fraction of sp³-hybridized carbons (Fsp3) is 0.391. The molecule has 0 radical (unpaired) electrons. The quantitative estimate of drug-likeness (QED) is 0.746. The van der Waals surface area contributed by atoms with Gasteiger partial charge in [0, 0.05) is 38.3 Å². The number of likely N-dealkylation sites (N-methyl/N-ethyl adjacent to an activating group) is 1. The molecule has 29 heavy (non-hydrogen) atoms. The number of rotatable bonds is 8. The highest BCUT2D eigenvalue weighted by Gasteiger charge is 2.21. The average Bonchev–Trinajstić information content (AvgIpc) is 2.78. The van der Waals surface area contributed by atoms with Crippen molar-refractivity contribution in [2.24, 2.45) is 0 Å². The normalized spacial score (nSPS) is 14.4. The van der Waals surface area contributed by atoms with Crippen molar-refractivity contribution >= 4 is 11.8 Å². The van der Waals surface area contributed by atoms with Crippen LogP contribution in [0.1, 0.15) is 29.3 Å². The third kappa shape index (κ3) is 6.32. The SMILES string of the molecule is CCN1CCN(C(=O)c2ccc(CNC(=O)CCOc3ccccc3)cc2)CC1. The molecule has 1 aliphatic rings. The second kappa shape index (κ2) is 10.6. The summed E-state index contributed by atoms with van der Waals surface area (Å²) in [5, 5.41) is 2.89. The van der Waals surface area contributed by atoms with Gasteiger partial charge in [0.15, 0.2) is 0 Å². The molecule has 154 valence electrons. The molecule has 0 aromatic heterocycles. The van der Waals surface area contributed by atoms with E-state index in [1.165, 1.54) is 0 Å². The van der Waals surface area contributed by atoms with Gasteiger partial charge in [-0.25, -0.2) is 0 Å². The van der Waals surface area contributed by atoms with Crippen LogP contribution in [0.4, 0.5) is 0 Å². The van der Waals surface area contributed by atoms with Crippen LogP contribution in [0.25, 0.3) is 0 Å². The lowest BCUT2D eigenvalue weighted by atomic mass is 10.1. The van der Waals surface area contributed by atoms with Crippen molar-refractivity contribution < 1.29 is 14.3 Å². The molecule has 1 saturated heterocycles. The van der Waals surface area contributed by atoms with Gasteiger partial charge >= 0.3 is 0 Å². The van der Waals surface area contributed by atoms with E-state index in [2.05, 4.69) is 17.1 Å². The van der Waals surface area contributed by atoms with Crippen LogP contribution in [0, 0.1) is 0 Å². The number of nitrogens with one attached hydrogen (secondary N) is 1. The van der Waals surface area contributed by atoms with E-state index in [1.807, 2.05) is 59.5 Å². The van der Waals surface area contributed by atoms with Crippen molar-refractivity contribution in [1.29, 1.82) is 0 Å². The largest absolute Gasteiger partial charge is 0.493 e. The second-order valence-electron chi connectivity index (χ2n) is 7.11. The molecular weight excluding hydrogens is 366 g/mol. The zero-order valence-electron chi connectivity index (χ0n) is 17.0. The number of hydrogen-bond acceptors (Lipinski definition) is 4. The maximum absolute atomic E-state index is 12.6. The van der Waals surface area contributed by atoms with Crippen LogP contribution in [-0.4, -0.2) is 60.9 Å². The number of amides is 2. The van der Waals surface area contributed by atoms with Crippen molar-refractivity contribution in [2.45, 2.75) is 19.9 Å². The van der Waals surface area contributed by atoms with Gasteiger partial charge in [-0.15, -0.1) is 0 Å². The number of carbonyl (C=O) groups excluding carboxylic acids is 2. The van der Waals surface area contributed by atoms with Gasteiger partial charge in [0.1, 0.15) is 5.75 Å². The van der Waals surface area contributed by atoms with E-state index in [0.717, 1.165) is 44.0 Å². The van der Waals surface area contributed by atoms with Crippen molar-refractivity contribution in [1.82, 2.24) is 15.1 Å². The maximum atomic E-state index is 12.6. The zero-order valence-corrected chi connectivity index (χ0v) is 17.0. The lowest BCUT2D eigenvalue weighted by Gasteiger charge is -2.34. The van der Waals surface area contributed by atoms with E-state index >= 15 is 0 Å². The van der Waals surface area contributed by atoms with E-state index in [-0.39, 0.29) is 11.8 Å². The molecule has 0 unspecified atom stereocenters. The van der Waals surface area contributed by atoms with Crippen LogP contribution >= 0.6 is 0 Å². The molecular formula is C23H29N3O3. The first-order chi connectivity index (χ1) is 14.2. The minimum atomic E-state index is -0.0603. The molecule has 1 aliphatic heterocycles. The molecule has 0 atom stereocenters. The highest BCUT2D eigenvalue weighted by atomic mass is 16.5. The van der Waals surface area contributed by atoms with Gasteiger partial charge in [0.05, 0.1) is 13.0 Å². The Labute approximate surface area is 172 Å². The summed E-state index contributed by atoms with van der Waals surface area (Å²) in [5.74, 6) is 0.779. The summed E-state index contributed by atoms with van der Waals surface area (Å²) in [6.07, 6.45) is 0.301. The standard InChI is InChI=1S/C23H29N3O3/c1-2-25-13-15-26(16-14-25)23(28)20-10-8-19(9-11-20)18-24-22(27)12-17-29-21-6-4-3-5-7-21/h3-11H,2,12-18H2,1H3,(H,24,27). The first-order valence-electron chi connectivity index (χ1n) is 10.2. The van der Waals surface area contributed by atoms with Crippen LogP contribution in [0.2, 0.25) is 0 Å². The Hall–Kier alpha value is -2.86. The van der Waals surface area contributed by atoms with Gasteiger partial charge in [-0.1, -0.05) is 37.3 Å². The van der Waals surface area contributed by atoms with Crippen LogP contribution in [-0.2, 0) is 11.3 Å². The molecule has 0 aliphatic carbocycles. The molecule has 3 rings (SSSR count). The van der Waals surface area contributed by atoms with Gasteiger partial charge in [0.2, 0.25) is 5.91 Å². The second-order valence-corrected chi connectivity index (χ2v) is 7.11. The molecule has 0 bridgehead atoms. The Morgan fingerprint density at radius 2 is 1.66 bits per heavy atom. The van der Waals surface area contributed by atoms with Gasteiger partial charge < -0.3 is 19.9 Å². The van der Waals surface area contributed by atoms with E-state index in [9.17, 15) is 9.59 Å². The van der Waals surface area contributed by atoms with Crippen LogP contribution < -0.4 is 10.1 Å². The number of para-hydroxylation sites is 1. The highest BCUT2D eigenvalue weighted by molar-refractivity contribution is 5.94. The van der Waals surface area contributed by atoms with Crippen molar-refractivity contribution in [3.05, 3.63) is 65.7 Å². The molecule has 1 fully saturated rings. The van der Waals surface area contributed by atoms with Gasteiger partial charge in [-0.3, -0.25) is 9.59 Å². The predicted octanol–water partition coefficient (Wildman–Crippen LogP) is 2.55. The highest BCUT2D eigenvalue weighted by Crippen LogP contribution is 2.11. The maximum Gasteiger partial charge on any atom is 0.253 e. The van der Waals surface area contributed by atoms with Crippen molar-refractivity contribution in [2.75, 3.05) is 39.3 Å². The van der Waals surface area contributed by atoms with Crippen LogP contribution in [0.15, 0.2) is 54.6 Å². The molecule has 6 nitrogen and oxygen atoms in total. The monoisotopic (exact) mass is 395 g/mol. The third-order valence-corrected chi connectivity index (χ3v) is 5.14. The van der Waals surface area contributed by atoms with Gasteiger partial charge in [-0.05, 0) is 36.4 Å². The topological polar surface area (TPSA) is 61.9 Å². The summed E-state index contributed by atoms with van der Waals surface area (Å²) < 4.78 is 5.54. The Kier molecular flexibility index (Phi) is 7.64. The van der Waals surface area contributed by atoms with E-state index in [0.29, 0.717) is 25.1 Å². The van der Waals surface area contributed by atoms with Crippen LogP contribution in [0.5, 0.6) is 5.75 Å². The van der Waals surface area contributed by atoms with Gasteiger partial charge in [-0.2, -0.15) is 0 Å². The summed E-state index contributed by atoms with van der Waals surface area (Å²) in [7, 11) is 0. The summed E-state index contributed by atoms with van der Waals surface area (Å²) in [4.78, 5) is 28.9. The number of ether oxygens (including phenoxy) is 1. The molecule has 1 heterocycles. The summed E-state index contributed by atoms with van der Waals surface area (Å²) >= 11 is 0. The Morgan fingerprint density at radius 1 is 0.966 bits per heavy atom. The molecule has 0 spiro atoms. The van der Waals surface area contributed by atoms with Crippen molar-refractivity contribution in [3.63, 3.8) is 0 Å². The van der Waals surface area contributed by atoms with Crippen LogP contribution in [0.3, 0.4) is 0 Å². The molecule has 6 heteroatoms. The summed E-state index contributed by atoms with van der Waals surface area (Å²) in [5.41, 5.74) is 1.66. The number of piperazine rings is 1. The zero-order chi connectivity index (χ0) is 20.5. The molecule has 0 saturated carbocycles. The fourth-order valence-corrected chi connectivity index (χ4v) is 3.28. The number of hydrogen-bond donors (Lipinski definition) is 1. The summed E-state index contributed by atoms with van der Waals surface area (Å²) in [6, 6.07) is 16.9. The Morgan fingerprint density at radius 3 is 2.31 bits per heavy atom. The predicted molar refractivity (Wildman–Crippen MR) is 113 cm³/mol. The number of carbonyl (C=O) groups is 2. The minimum absolute atomic E-state index is 0.0603. The molecule has 2 amide bonds. The third-order valence-electron chi connectivity index (χ3n) is 5.14. The molecule has 2 aromatic rings. The molecule has 1 N–H and O–H groups in total. The first kappa shape index (κ1) is 20.9. The van der Waals surface area contributed by atoms with E-state index < -0.39 is 0 Å². The fourth-order valence-electron chi connectivity index (χ4n) is 3.28. The average molecular weight is 396 g/mol. The smallest absolute Gasteiger partial charge is 0.253 e. The summed E-state index contributed by atoms with van der Waals surface area (Å²) in [6.45, 7) is 7.36. The Balaban J connectivity index is 1.39. The van der Waals surface area contributed by atoms with E-state index in [1.54, 1.807) is 0 Å². The first-order valence-corrected chi connectivity index (χ1v) is 10.2.